The third kappa shape index (κ3) is 9.25. The van der Waals surface area contributed by atoms with Gasteiger partial charge in [-0.15, -0.1) is 0 Å². The quantitative estimate of drug-likeness (QED) is 0.0868. The van der Waals surface area contributed by atoms with Crippen LogP contribution in [-0.4, -0.2) is 14.8 Å². The van der Waals surface area contributed by atoms with E-state index in [4.69, 9.17) is 0 Å². The maximum Gasteiger partial charge on any atom is 0.269 e. The summed E-state index contributed by atoms with van der Waals surface area (Å²) in [4.78, 5) is 32.7. The van der Waals surface area contributed by atoms with Crippen molar-refractivity contribution in [1.29, 1.82) is 0 Å². The highest BCUT2D eigenvalue weighted by Gasteiger charge is 2.13. The molecule has 9 heteroatoms. The molecule has 0 aliphatic rings. The summed E-state index contributed by atoms with van der Waals surface area (Å²) in [6.45, 7) is 6.44. The zero-order valence-electron chi connectivity index (χ0n) is 29.8. The van der Waals surface area contributed by atoms with Crippen LogP contribution in [0.1, 0.15) is 53.6 Å². The van der Waals surface area contributed by atoms with Crippen molar-refractivity contribution < 1.29 is 14.8 Å². The van der Waals surface area contributed by atoms with Crippen LogP contribution in [0.3, 0.4) is 0 Å². The fourth-order valence-electron chi connectivity index (χ4n) is 6.69. The maximum atomic E-state index is 11.4. The smallest absolute Gasteiger partial charge is 0.258 e. The number of benzene rings is 6. The van der Waals surface area contributed by atoms with E-state index in [1.165, 1.54) is 42.0 Å². The van der Waals surface area contributed by atoms with E-state index in [1.807, 2.05) is 6.92 Å². The molecule has 0 amide bonds. The molecule has 6 rings (SSSR count). The Morgan fingerprint density at radius 3 is 1.11 bits per heavy atom. The van der Waals surface area contributed by atoms with E-state index in [0.717, 1.165) is 74.0 Å². The van der Waals surface area contributed by atoms with Crippen molar-refractivity contribution in [3.63, 3.8) is 0 Å². The molecule has 0 saturated heterocycles. The molecule has 6 aromatic carbocycles. The van der Waals surface area contributed by atoms with Gasteiger partial charge in [-0.05, 0) is 136 Å². The summed E-state index contributed by atoms with van der Waals surface area (Å²) in [6, 6.07) is 39.2. The summed E-state index contributed by atoms with van der Waals surface area (Å²) < 4.78 is 0. The minimum Gasteiger partial charge on any atom is -0.258 e. The second-order valence-electron chi connectivity index (χ2n) is 14.0. The molecular formula is C44H39N3O6. The molecule has 0 aliphatic heterocycles. The first-order valence-electron chi connectivity index (χ1n) is 17.5. The minimum atomic E-state index is -0.403. The molecule has 0 spiro atoms. The molecule has 0 unspecified atom stereocenters. The van der Waals surface area contributed by atoms with Crippen LogP contribution < -0.4 is 0 Å². The molecular weight excluding hydrogens is 666 g/mol. The minimum absolute atomic E-state index is 0.0284. The maximum absolute atomic E-state index is 11.4. The number of nitro benzene ring substituents is 3. The third-order valence-electron chi connectivity index (χ3n) is 9.30. The molecule has 0 aromatic heterocycles. The van der Waals surface area contributed by atoms with Gasteiger partial charge in [0.05, 0.1) is 14.8 Å². The van der Waals surface area contributed by atoms with Gasteiger partial charge >= 0.3 is 0 Å². The fraction of sp³-hybridized carbons (Fsp3) is 0.182. The van der Waals surface area contributed by atoms with Crippen LogP contribution in [0.25, 0.3) is 33.4 Å². The largest absolute Gasteiger partial charge is 0.269 e. The average Bonchev–Trinajstić information content (AvgIpc) is 3.13. The van der Waals surface area contributed by atoms with Crippen LogP contribution in [-0.2, 0) is 19.3 Å². The molecule has 0 heterocycles. The number of nitro groups is 3. The van der Waals surface area contributed by atoms with Crippen molar-refractivity contribution in [2.45, 2.75) is 46.5 Å². The first-order chi connectivity index (χ1) is 25.4. The van der Waals surface area contributed by atoms with E-state index in [1.54, 1.807) is 36.4 Å². The highest BCUT2D eigenvalue weighted by molar-refractivity contribution is 5.70. The molecule has 53 heavy (non-hydrogen) atoms. The molecule has 0 N–H and O–H groups in total. The van der Waals surface area contributed by atoms with Gasteiger partial charge in [-0.2, -0.15) is 0 Å². The van der Waals surface area contributed by atoms with E-state index < -0.39 is 14.8 Å². The number of rotatable bonds is 13. The standard InChI is InChI=1S/C44H39N3O6/c1-29(2)4-5-31-20-33(26-40(24-31)37-8-14-43(15-9-37)46(50)51)22-35-23-34(27-41(28-35)38-10-16-44(17-11-38)47(52)53)21-32-18-30(3)19-39(25-32)36-6-12-42(13-7-36)45(48)49/h6-20,23-29H,4-5,21-22H2,1-3H3. The molecule has 0 saturated carbocycles. The van der Waals surface area contributed by atoms with E-state index in [2.05, 4.69) is 68.4 Å². The molecule has 0 fully saturated rings. The Bertz CT molecular complexity index is 2300. The van der Waals surface area contributed by atoms with Gasteiger partial charge in [0.25, 0.3) is 17.1 Å². The van der Waals surface area contributed by atoms with Gasteiger partial charge in [0.2, 0.25) is 0 Å². The number of nitrogens with zero attached hydrogens (tertiary/aromatic N) is 3. The third-order valence-corrected chi connectivity index (χ3v) is 9.30. The average molecular weight is 706 g/mol. The van der Waals surface area contributed by atoms with Gasteiger partial charge in [-0.25, -0.2) is 0 Å². The highest BCUT2D eigenvalue weighted by Crippen LogP contribution is 2.31. The van der Waals surface area contributed by atoms with Crippen molar-refractivity contribution in [2.75, 3.05) is 0 Å². The lowest BCUT2D eigenvalue weighted by atomic mass is 9.90. The Morgan fingerprint density at radius 2 is 0.755 bits per heavy atom. The fourth-order valence-corrected chi connectivity index (χ4v) is 6.69. The van der Waals surface area contributed by atoms with Crippen LogP contribution >= 0.6 is 0 Å². The van der Waals surface area contributed by atoms with Gasteiger partial charge in [0.15, 0.2) is 0 Å². The Hall–Kier alpha value is -6.48. The van der Waals surface area contributed by atoms with Crippen molar-refractivity contribution in [1.82, 2.24) is 0 Å². The summed E-state index contributed by atoms with van der Waals surface area (Å²) in [5.74, 6) is 0.532. The number of hydrogen-bond donors (Lipinski definition) is 0. The Morgan fingerprint density at radius 1 is 0.434 bits per heavy atom. The topological polar surface area (TPSA) is 129 Å². The van der Waals surface area contributed by atoms with Crippen molar-refractivity contribution >= 4 is 17.1 Å². The van der Waals surface area contributed by atoms with Gasteiger partial charge in [-0.3, -0.25) is 30.3 Å². The number of non-ortho nitro benzene ring substituents is 3. The lowest BCUT2D eigenvalue weighted by Crippen LogP contribution is -1.98. The number of aryl methyl sites for hydroxylation is 2. The monoisotopic (exact) mass is 705 g/mol. The molecule has 0 atom stereocenters. The van der Waals surface area contributed by atoms with Gasteiger partial charge < -0.3 is 0 Å². The Labute approximate surface area is 308 Å². The van der Waals surface area contributed by atoms with Crippen LogP contribution in [0.2, 0.25) is 0 Å². The summed E-state index contributed by atoms with van der Waals surface area (Å²) in [6.07, 6.45) is 3.19. The molecule has 0 bridgehead atoms. The van der Waals surface area contributed by atoms with Gasteiger partial charge in [0.1, 0.15) is 0 Å². The first-order valence-corrected chi connectivity index (χ1v) is 17.5. The predicted molar refractivity (Wildman–Crippen MR) is 209 cm³/mol. The van der Waals surface area contributed by atoms with Gasteiger partial charge in [0, 0.05) is 36.4 Å². The second-order valence-corrected chi connectivity index (χ2v) is 14.0. The Kier molecular flexibility index (Phi) is 10.8. The predicted octanol–water partition coefficient (Wildman–Crippen LogP) is 11.5. The lowest BCUT2D eigenvalue weighted by Gasteiger charge is -2.15. The van der Waals surface area contributed by atoms with E-state index in [-0.39, 0.29) is 17.1 Å². The molecule has 266 valence electrons. The number of hydrogen-bond acceptors (Lipinski definition) is 6. The zero-order valence-corrected chi connectivity index (χ0v) is 29.8. The molecule has 0 radical (unpaired) electrons. The highest BCUT2D eigenvalue weighted by atomic mass is 16.6. The second kappa shape index (κ2) is 15.8. The van der Waals surface area contributed by atoms with Crippen molar-refractivity contribution in [2.24, 2.45) is 5.92 Å². The molecule has 0 aliphatic carbocycles. The summed E-state index contributed by atoms with van der Waals surface area (Å²) >= 11 is 0. The van der Waals surface area contributed by atoms with Crippen LogP contribution in [0.5, 0.6) is 0 Å². The Balaban J connectivity index is 1.39. The SMILES string of the molecule is Cc1cc(Cc2cc(Cc3cc(CCC(C)C)cc(-c4ccc([N+](=O)[O-])cc4)c3)cc(-c3ccc([N+](=O)[O-])cc3)c2)cc(-c2ccc([N+](=O)[O-])cc2)c1. The van der Waals surface area contributed by atoms with E-state index in [9.17, 15) is 30.3 Å². The summed E-state index contributed by atoms with van der Waals surface area (Å²) in [7, 11) is 0. The first kappa shape index (κ1) is 36.3. The van der Waals surface area contributed by atoms with E-state index in [0.29, 0.717) is 18.8 Å². The normalized spacial score (nSPS) is 11.1. The summed E-state index contributed by atoms with van der Waals surface area (Å²) in [5, 5.41) is 33.9. The van der Waals surface area contributed by atoms with Crippen molar-refractivity contribution in [3.05, 3.63) is 191 Å². The molecule has 9 nitrogen and oxygen atoms in total. The van der Waals surface area contributed by atoms with E-state index >= 15 is 0 Å². The molecule has 6 aromatic rings. The lowest BCUT2D eigenvalue weighted by molar-refractivity contribution is -0.385. The van der Waals surface area contributed by atoms with Crippen LogP contribution in [0.15, 0.2) is 127 Å². The zero-order chi connectivity index (χ0) is 37.6. The summed E-state index contributed by atoms with van der Waals surface area (Å²) in [5.41, 5.74) is 12.3. The van der Waals surface area contributed by atoms with Crippen molar-refractivity contribution in [3.8, 4) is 33.4 Å². The van der Waals surface area contributed by atoms with Crippen LogP contribution in [0, 0.1) is 43.2 Å². The van der Waals surface area contributed by atoms with Crippen LogP contribution in [0.4, 0.5) is 17.1 Å². The van der Waals surface area contributed by atoms with Gasteiger partial charge in [-0.1, -0.05) is 74.0 Å².